The topological polar surface area (TPSA) is 48.1 Å². The van der Waals surface area contributed by atoms with Crippen molar-refractivity contribution in [2.24, 2.45) is 5.73 Å². The largest absolute Gasteiger partial charge is 0.573 e. The van der Waals surface area contributed by atoms with Crippen molar-refractivity contribution in [2.45, 2.75) is 19.1 Å². The second kappa shape index (κ2) is 4.81. The second-order valence-corrected chi connectivity index (χ2v) is 3.41. The van der Waals surface area contributed by atoms with Crippen LogP contribution in [0.4, 0.5) is 26.3 Å². The Balaban J connectivity index is 3.43. The van der Waals surface area contributed by atoms with Crippen LogP contribution in [0.2, 0.25) is 5.15 Å². The van der Waals surface area contributed by atoms with Crippen LogP contribution in [0, 0.1) is 0 Å². The van der Waals surface area contributed by atoms with Crippen LogP contribution in [0.25, 0.3) is 0 Å². The number of rotatable bonds is 2. The smallest absolute Gasteiger partial charge is 0.403 e. The van der Waals surface area contributed by atoms with E-state index in [1.165, 1.54) is 0 Å². The summed E-state index contributed by atoms with van der Waals surface area (Å²) in [5, 5.41) is -0.628. The third-order valence-corrected chi connectivity index (χ3v) is 1.92. The number of hydrogen-bond acceptors (Lipinski definition) is 3. The molecule has 1 aromatic heterocycles. The summed E-state index contributed by atoms with van der Waals surface area (Å²) in [6.45, 7) is -0.685. The first kappa shape index (κ1) is 14.8. The van der Waals surface area contributed by atoms with Gasteiger partial charge in [0.25, 0.3) is 0 Å². The van der Waals surface area contributed by atoms with Crippen LogP contribution in [0.1, 0.15) is 11.3 Å². The van der Waals surface area contributed by atoms with Gasteiger partial charge in [-0.3, -0.25) is 0 Å². The van der Waals surface area contributed by atoms with E-state index in [1.807, 2.05) is 0 Å². The van der Waals surface area contributed by atoms with Gasteiger partial charge in [-0.05, 0) is 6.07 Å². The molecule has 0 amide bonds. The predicted octanol–water partition coefficient (Wildman–Crippen LogP) is 3.11. The Morgan fingerprint density at radius 1 is 1.22 bits per heavy atom. The average Bonchev–Trinajstić information content (AvgIpc) is 2.16. The quantitative estimate of drug-likeness (QED) is 0.673. The Morgan fingerprint density at radius 2 is 1.78 bits per heavy atom. The Kier molecular flexibility index (Phi) is 3.96. The van der Waals surface area contributed by atoms with Crippen LogP contribution >= 0.6 is 11.6 Å². The SMILES string of the molecule is NCc1nc(Cl)cc(C(F)(F)F)c1OC(F)(F)F. The van der Waals surface area contributed by atoms with Crippen LogP contribution in [-0.4, -0.2) is 11.3 Å². The van der Waals surface area contributed by atoms with Gasteiger partial charge in [0, 0.05) is 6.54 Å². The molecule has 0 radical (unpaired) electrons. The number of alkyl halides is 6. The number of halogens is 7. The van der Waals surface area contributed by atoms with Crippen LogP contribution in [0.15, 0.2) is 6.07 Å². The number of hydrogen-bond donors (Lipinski definition) is 1. The number of aromatic nitrogens is 1. The first-order valence-electron chi connectivity index (χ1n) is 4.27. The molecule has 0 aliphatic heterocycles. The van der Waals surface area contributed by atoms with Crippen molar-refractivity contribution in [3.8, 4) is 5.75 Å². The minimum atomic E-state index is -5.29. The first-order chi connectivity index (χ1) is 8.04. The Bertz CT molecular complexity index is 444. The molecule has 10 heteroatoms. The maximum atomic E-state index is 12.5. The maximum Gasteiger partial charge on any atom is 0.573 e. The average molecular weight is 295 g/mol. The van der Waals surface area contributed by atoms with E-state index < -0.39 is 41.2 Å². The molecule has 0 aliphatic carbocycles. The molecule has 18 heavy (non-hydrogen) atoms. The van der Waals surface area contributed by atoms with Gasteiger partial charge in [0.2, 0.25) is 0 Å². The van der Waals surface area contributed by atoms with Crippen LogP contribution in [-0.2, 0) is 12.7 Å². The molecule has 1 aromatic rings. The highest BCUT2D eigenvalue weighted by atomic mass is 35.5. The van der Waals surface area contributed by atoms with Crippen LogP contribution in [0.3, 0.4) is 0 Å². The summed E-state index contributed by atoms with van der Waals surface area (Å²) in [5.74, 6) is -1.48. The minimum Gasteiger partial charge on any atom is -0.403 e. The van der Waals surface area contributed by atoms with Crippen molar-refractivity contribution in [1.82, 2.24) is 4.98 Å². The first-order valence-corrected chi connectivity index (χ1v) is 4.65. The molecule has 2 N–H and O–H groups in total. The maximum absolute atomic E-state index is 12.5. The van der Waals surface area contributed by atoms with Gasteiger partial charge in [-0.2, -0.15) is 13.2 Å². The van der Waals surface area contributed by atoms with E-state index >= 15 is 0 Å². The van der Waals surface area contributed by atoms with Gasteiger partial charge >= 0.3 is 12.5 Å². The molecule has 0 saturated carbocycles. The summed E-state index contributed by atoms with van der Waals surface area (Å²) < 4.78 is 77.1. The van der Waals surface area contributed by atoms with Gasteiger partial charge in [0.15, 0.2) is 5.75 Å². The number of nitrogens with two attached hydrogens (primary N) is 1. The molecular weight excluding hydrogens is 290 g/mol. The molecule has 3 nitrogen and oxygen atoms in total. The molecular formula is C8H5ClF6N2O. The second-order valence-electron chi connectivity index (χ2n) is 3.02. The van der Waals surface area contributed by atoms with Gasteiger partial charge in [0.05, 0.1) is 5.69 Å². The molecule has 1 rings (SSSR count). The fourth-order valence-electron chi connectivity index (χ4n) is 1.13. The third-order valence-electron chi connectivity index (χ3n) is 1.73. The van der Waals surface area contributed by atoms with Gasteiger partial charge in [-0.1, -0.05) is 11.6 Å². The van der Waals surface area contributed by atoms with Crippen molar-refractivity contribution >= 4 is 11.6 Å². The zero-order chi connectivity index (χ0) is 14.1. The highest BCUT2D eigenvalue weighted by molar-refractivity contribution is 6.29. The molecule has 0 saturated heterocycles. The molecule has 0 fully saturated rings. The van der Waals surface area contributed by atoms with E-state index in [-0.39, 0.29) is 6.07 Å². The fraction of sp³-hybridized carbons (Fsp3) is 0.375. The third kappa shape index (κ3) is 3.64. The Labute approximate surface area is 101 Å². The zero-order valence-electron chi connectivity index (χ0n) is 8.36. The molecule has 0 unspecified atom stereocenters. The van der Waals surface area contributed by atoms with E-state index in [1.54, 1.807) is 0 Å². The highest BCUT2D eigenvalue weighted by Gasteiger charge is 2.41. The molecule has 0 aromatic carbocycles. The van der Waals surface area contributed by atoms with Gasteiger partial charge < -0.3 is 10.5 Å². The molecule has 1 heterocycles. The lowest BCUT2D eigenvalue weighted by Crippen LogP contribution is -2.22. The molecule has 0 spiro atoms. The van der Waals surface area contributed by atoms with E-state index in [2.05, 4.69) is 9.72 Å². The summed E-state index contributed by atoms with van der Waals surface area (Å²) in [4.78, 5) is 3.27. The molecule has 0 atom stereocenters. The fourth-order valence-corrected chi connectivity index (χ4v) is 1.34. The summed E-state index contributed by atoms with van der Waals surface area (Å²) >= 11 is 5.27. The number of ether oxygens (including phenoxy) is 1. The van der Waals surface area contributed by atoms with Crippen molar-refractivity contribution in [3.05, 3.63) is 22.5 Å². The number of pyridine rings is 1. The highest BCUT2D eigenvalue weighted by Crippen LogP contribution is 2.40. The summed E-state index contributed by atoms with van der Waals surface area (Å²) in [7, 11) is 0. The summed E-state index contributed by atoms with van der Waals surface area (Å²) in [6, 6.07) is 0.238. The minimum absolute atomic E-state index is 0.238. The standard InChI is InChI=1S/C8H5ClF6N2O/c9-5-1-3(7(10,11)12)6(4(2-16)17-5)18-8(13,14)15/h1H,2,16H2. The van der Waals surface area contributed by atoms with Crippen molar-refractivity contribution in [1.29, 1.82) is 0 Å². The molecule has 0 bridgehead atoms. The van der Waals surface area contributed by atoms with E-state index in [9.17, 15) is 26.3 Å². The summed E-state index contributed by atoms with van der Waals surface area (Å²) in [5.41, 5.74) is 2.60. The van der Waals surface area contributed by atoms with Crippen LogP contribution in [0.5, 0.6) is 5.75 Å². The summed E-state index contributed by atoms with van der Waals surface area (Å²) in [6.07, 6.45) is -10.4. The normalized spacial score (nSPS) is 12.7. The molecule has 0 aliphatic rings. The lowest BCUT2D eigenvalue weighted by molar-refractivity contribution is -0.276. The molecule has 102 valence electrons. The number of nitrogens with zero attached hydrogens (tertiary/aromatic N) is 1. The Morgan fingerprint density at radius 3 is 2.17 bits per heavy atom. The van der Waals surface area contributed by atoms with Crippen molar-refractivity contribution in [3.63, 3.8) is 0 Å². The van der Waals surface area contributed by atoms with E-state index in [0.717, 1.165) is 0 Å². The lowest BCUT2D eigenvalue weighted by Gasteiger charge is -2.17. The van der Waals surface area contributed by atoms with Crippen molar-refractivity contribution in [2.75, 3.05) is 0 Å². The zero-order valence-corrected chi connectivity index (χ0v) is 9.12. The van der Waals surface area contributed by atoms with E-state index in [0.29, 0.717) is 0 Å². The van der Waals surface area contributed by atoms with E-state index in [4.69, 9.17) is 17.3 Å². The van der Waals surface area contributed by atoms with Gasteiger partial charge in [0.1, 0.15) is 10.7 Å². The monoisotopic (exact) mass is 294 g/mol. The van der Waals surface area contributed by atoms with Gasteiger partial charge in [-0.25, -0.2) is 4.98 Å². The predicted molar refractivity (Wildman–Crippen MR) is 48.8 cm³/mol. The lowest BCUT2D eigenvalue weighted by atomic mass is 10.2. The van der Waals surface area contributed by atoms with Gasteiger partial charge in [-0.15, -0.1) is 13.2 Å². The van der Waals surface area contributed by atoms with Crippen molar-refractivity contribution < 1.29 is 31.1 Å². The van der Waals surface area contributed by atoms with Crippen LogP contribution < -0.4 is 10.5 Å². The Hall–Kier alpha value is -1.22.